The largest absolute Gasteiger partial charge is 0.352 e. The minimum absolute atomic E-state index is 0.0683. The van der Waals surface area contributed by atoms with Crippen molar-refractivity contribution in [2.75, 3.05) is 18.0 Å². The molecular weight excluding hydrogens is 288 g/mol. The van der Waals surface area contributed by atoms with Crippen molar-refractivity contribution in [1.82, 2.24) is 10.3 Å². The standard InChI is InChI=1S/C14H22N4O2S/c15-21(19,20)11-6-7-14(17-10-11)18-9-2-1-5-13(18)12-4-3-8-16-12/h6-7,10,12-13,16H,1-5,8-9H2,(H2,15,19,20). The average molecular weight is 310 g/mol. The van der Waals surface area contributed by atoms with Crippen LogP contribution in [0.1, 0.15) is 32.1 Å². The lowest BCUT2D eigenvalue weighted by molar-refractivity contribution is 0.376. The number of hydrogen-bond acceptors (Lipinski definition) is 5. The summed E-state index contributed by atoms with van der Waals surface area (Å²) in [5.74, 6) is 0.848. The van der Waals surface area contributed by atoms with Crippen LogP contribution in [0.4, 0.5) is 5.82 Å². The Morgan fingerprint density at radius 2 is 2.10 bits per heavy atom. The SMILES string of the molecule is NS(=O)(=O)c1ccc(N2CCCCC2C2CCCN2)nc1. The summed E-state index contributed by atoms with van der Waals surface area (Å²) >= 11 is 0. The maximum atomic E-state index is 11.3. The zero-order valence-corrected chi connectivity index (χ0v) is 12.8. The van der Waals surface area contributed by atoms with E-state index in [2.05, 4.69) is 15.2 Å². The number of rotatable bonds is 3. The highest BCUT2D eigenvalue weighted by Gasteiger charge is 2.32. The van der Waals surface area contributed by atoms with Crippen LogP contribution in [0.25, 0.3) is 0 Å². The summed E-state index contributed by atoms with van der Waals surface area (Å²) in [5, 5.41) is 8.70. The fourth-order valence-corrected chi connectivity index (χ4v) is 3.87. The van der Waals surface area contributed by atoms with Crippen molar-refractivity contribution in [3.63, 3.8) is 0 Å². The Balaban J connectivity index is 1.82. The lowest BCUT2D eigenvalue weighted by Gasteiger charge is -2.40. The molecule has 2 fully saturated rings. The van der Waals surface area contributed by atoms with Crippen LogP contribution in [0.3, 0.4) is 0 Å². The molecule has 7 heteroatoms. The van der Waals surface area contributed by atoms with E-state index in [1.165, 1.54) is 25.5 Å². The minimum atomic E-state index is -3.67. The summed E-state index contributed by atoms with van der Waals surface area (Å²) in [4.78, 5) is 6.72. The van der Waals surface area contributed by atoms with Gasteiger partial charge in [-0.2, -0.15) is 0 Å². The second-order valence-electron chi connectivity index (χ2n) is 5.86. The molecule has 0 bridgehead atoms. The number of piperidine rings is 1. The number of pyridine rings is 1. The van der Waals surface area contributed by atoms with Crippen LogP contribution in [0.2, 0.25) is 0 Å². The highest BCUT2D eigenvalue weighted by atomic mass is 32.2. The van der Waals surface area contributed by atoms with Crippen LogP contribution in [-0.4, -0.2) is 38.6 Å². The number of sulfonamides is 1. The van der Waals surface area contributed by atoms with Crippen LogP contribution in [0.15, 0.2) is 23.2 Å². The third-order valence-corrected chi connectivity index (χ3v) is 5.35. The number of aromatic nitrogens is 1. The predicted molar refractivity (Wildman–Crippen MR) is 81.6 cm³/mol. The van der Waals surface area contributed by atoms with Crippen molar-refractivity contribution in [3.05, 3.63) is 18.3 Å². The van der Waals surface area contributed by atoms with E-state index in [0.29, 0.717) is 12.1 Å². The lowest BCUT2D eigenvalue weighted by Crippen LogP contribution is -2.50. The molecule has 2 aliphatic heterocycles. The second kappa shape index (κ2) is 5.90. The molecule has 0 aliphatic carbocycles. The lowest BCUT2D eigenvalue weighted by atomic mass is 9.94. The molecule has 2 aliphatic rings. The van der Waals surface area contributed by atoms with Crippen molar-refractivity contribution < 1.29 is 8.42 Å². The van der Waals surface area contributed by atoms with Gasteiger partial charge in [-0.3, -0.25) is 0 Å². The summed E-state index contributed by atoms with van der Waals surface area (Å²) in [6.45, 7) is 2.07. The Morgan fingerprint density at radius 3 is 2.71 bits per heavy atom. The molecular formula is C14H22N4O2S. The molecule has 6 nitrogen and oxygen atoms in total. The predicted octanol–water partition coefficient (Wildman–Crippen LogP) is 0.840. The summed E-state index contributed by atoms with van der Waals surface area (Å²) in [5.41, 5.74) is 0. The van der Waals surface area contributed by atoms with E-state index < -0.39 is 10.0 Å². The zero-order valence-electron chi connectivity index (χ0n) is 12.0. The van der Waals surface area contributed by atoms with Gasteiger partial charge in [0.15, 0.2) is 0 Å². The molecule has 2 saturated heterocycles. The topological polar surface area (TPSA) is 88.3 Å². The van der Waals surface area contributed by atoms with Crippen molar-refractivity contribution in [1.29, 1.82) is 0 Å². The monoisotopic (exact) mass is 310 g/mol. The summed E-state index contributed by atoms with van der Waals surface area (Å²) in [6, 6.07) is 4.29. The van der Waals surface area contributed by atoms with E-state index in [-0.39, 0.29) is 4.90 Å². The Kier molecular flexibility index (Phi) is 4.14. The van der Waals surface area contributed by atoms with Gasteiger partial charge in [-0.25, -0.2) is 18.5 Å². The van der Waals surface area contributed by atoms with Gasteiger partial charge in [0, 0.05) is 24.8 Å². The van der Waals surface area contributed by atoms with E-state index in [9.17, 15) is 8.42 Å². The van der Waals surface area contributed by atoms with Gasteiger partial charge in [-0.15, -0.1) is 0 Å². The zero-order chi connectivity index (χ0) is 14.9. The normalized spacial score (nSPS) is 27.0. The van der Waals surface area contributed by atoms with Crippen LogP contribution in [-0.2, 0) is 10.0 Å². The number of hydrogen-bond donors (Lipinski definition) is 2. The summed E-state index contributed by atoms with van der Waals surface area (Å²) < 4.78 is 22.6. The Bertz CT molecular complexity index is 581. The fourth-order valence-electron chi connectivity index (χ4n) is 3.41. The molecule has 0 radical (unpaired) electrons. The molecule has 3 heterocycles. The van der Waals surface area contributed by atoms with E-state index in [1.54, 1.807) is 12.1 Å². The first kappa shape index (κ1) is 14.7. The van der Waals surface area contributed by atoms with E-state index in [4.69, 9.17) is 5.14 Å². The van der Waals surface area contributed by atoms with Gasteiger partial charge in [-0.05, 0) is 50.8 Å². The highest BCUT2D eigenvalue weighted by molar-refractivity contribution is 7.89. The first-order chi connectivity index (χ1) is 10.1. The van der Waals surface area contributed by atoms with Crippen molar-refractivity contribution in [3.8, 4) is 0 Å². The van der Waals surface area contributed by atoms with Crippen LogP contribution in [0.5, 0.6) is 0 Å². The maximum absolute atomic E-state index is 11.3. The first-order valence-corrected chi connectivity index (χ1v) is 9.09. The number of primary sulfonamides is 1. The van der Waals surface area contributed by atoms with Crippen LogP contribution < -0.4 is 15.4 Å². The maximum Gasteiger partial charge on any atom is 0.239 e. The second-order valence-corrected chi connectivity index (χ2v) is 7.42. The average Bonchev–Trinajstić information content (AvgIpc) is 3.01. The van der Waals surface area contributed by atoms with Crippen LogP contribution in [0, 0.1) is 0 Å². The van der Waals surface area contributed by atoms with Crippen molar-refractivity contribution in [2.24, 2.45) is 5.14 Å². The van der Waals surface area contributed by atoms with Gasteiger partial charge < -0.3 is 10.2 Å². The number of nitrogens with two attached hydrogens (primary N) is 1. The van der Waals surface area contributed by atoms with Gasteiger partial charge in [0.2, 0.25) is 10.0 Å². The molecule has 1 aromatic rings. The molecule has 0 amide bonds. The molecule has 3 N–H and O–H groups in total. The Hall–Kier alpha value is -1.18. The van der Waals surface area contributed by atoms with Gasteiger partial charge in [0.25, 0.3) is 0 Å². The smallest absolute Gasteiger partial charge is 0.239 e. The molecule has 3 rings (SSSR count). The number of nitrogens with zero attached hydrogens (tertiary/aromatic N) is 2. The van der Waals surface area contributed by atoms with Crippen LogP contribution >= 0.6 is 0 Å². The fraction of sp³-hybridized carbons (Fsp3) is 0.643. The molecule has 1 aromatic heterocycles. The molecule has 0 saturated carbocycles. The quantitative estimate of drug-likeness (QED) is 0.863. The minimum Gasteiger partial charge on any atom is -0.352 e. The molecule has 0 aromatic carbocycles. The highest BCUT2D eigenvalue weighted by Crippen LogP contribution is 2.28. The summed E-state index contributed by atoms with van der Waals surface area (Å²) in [7, 11) is -3.67. The van der Waals surface area contributed by atoms with E-state index >= 15 is 0 Å². The van der Waals surface area contributed by atoms with Gasteiger partial charge in [0.1, 0.15) is 10.7 Å². The van der Waals surface area contributed by atoms with Gasteiger partial charge >= 0.3 is 0 Å². The number of anilines is 1. The Morgan fingerprint density at radius 1 is 1.24 bits per heavy atom. The molecule has 2 unspecified atom stereocenters. The molecule has 116 valence electrons. The third-order valence-electron chi connectivity index (χ3n) is 4.46. The van der Waals surface area contributed by atoms with Crippen molar-refractivity contribution in [2.45, 2.75) is 49.1 Å². The summed E-state index contributed by atoms with van der Waals surface area (Å²) in [6.07, 6.45) is 7.36. The van der Waals surface area contributed by atoms with Gasteiger partial charge in [-0.1, -0.05) is 0 Å². The molecule has 2 atom stereocenters. The van der Waals surface area contributed by atoms with Crippen molar-refractivity contribution >= 4 is 15.8 Å². The first-order valence-electron chi connectivity index (χ1n) is 7.54. The van der Waals surface area contributed by atoms with E-state index in [0.717, 1.165) is 31.7 Å². The molecule has 21 heavy (non-hydrogen) atoms. The number of nitrogens with one attached hydrogen (secondary N) is 1. The Labute approximate surface area is 125 Å². The molecule has 0 spiro atoms. The van der Waals surface area contributed by atoms with Gasteiger partial charge in [0.05, 0.1) is 0 Å². The third kappa shape index (κ3) is 3.20. The van der Waals surface area contributed by atoms with E-state index in [1.807, 2.05) is 0 Å².